The van der Waals surface area contributed by atoms with Gasteiger partial charge in [-0.3, -0.25) is 0 Å². The minimum atomic E-state index is -0.347. The lowest BCUT2D eigenvalue weighted by atomic mass is 9.78. The molecule has 1 heterocycles. The summed E-state index contributed by atoms with van der Waals surface area (Å²) in [5.74, 6) is 0. The van der Waals surface area contributed by atoms with Crippen LogP contribution in [0, 0.1) is 0 Å². The lowest BCUT2D eigenvalue weighted by molar-refractivity contribution is 0.00578. The Kier molecular flexibility index (Phi) is 4.77. The second-order valence-electron chi connectivity index (χ2n) is 9.32. The number of hydrogen-bond acceptors (Lipinski definition) is 2. The zero-order chi connectivity index (χ0) is 21.6. The maximum atomic E-state index is 6.24. The Labute approximate surface area is 185 Å². The van der Waals surface area contributed by atoms with Crippen molar-refractivity contribution in [2.24, 2.45) is 0 Å². The third kappa shape index (κ3) is 3.58. The summed E-state index contributed by atoms with van der Waals surface area (Å²) in [5.41, 5.74) is 5.20. The molecule has 0 radical (unpaired) electrons. The van der Waals surface area contributed by atoms with Crippen LogP contribution >= 0.6 is 0 Å². The van der Waals surface area contributed by atoms with E-state index < -0.39 is 0 Å². The van der Waals surface area contributed by atoms with Gasteiger partial charge in [-0.2, -0.15) is 0 Å². The fourth-order valence-electron chi connectivity index (χ4n) is 4.16. The molecule has 0 bridgehead atoms. The number of fused-ring (bicyclic) bond motifs is 1. The van der Waals surface area contributed by atoms with Gasteiger partial charge >= 0.3 is 7.12 Å². The maximum Gasteiger partial charge on any atom is 0.494 e. The van der Waals surface area contributed by atoms with Gasteiger partial charge in [0.1, 0.15) is 0 Å². The van der Waals surface area contributed by atoms with Crippen LogP contribution in [0.3, 0.4) is 0 Å². The first-order chi connectivity index (χ1) is 14.8. The first-order valence-corrected chi connectivity index (χ1v) is 10.9. The van der Waals surface area contributed by atoms with E-state index in [1.165, 1.54) is 27.5 Å². The topological polar surface area (TPSA) is 18.5 Å². The second-order valence-corrected chi connectivity index (χ2v) is 9.32. The van der Waals surface area contributed by atoms with Crippen molar-refractivity contribution < 1.29 is 9.31 Å². The molecule has 2 nitrogen and oxygen atoms in total. The van der Waals surface area contributed by atoms with Gasteiger partial charge in [0.2, 0.25) is 0 Å². The Morgan fingerprint density at radius 1 is 0.581 bits per heavy atom. The van der Waals surface area contributed by atoms with Crippen molar-refractivity contribution in [3.05, 3.63) is 91.0 Å². The highest BCUT2D eigenvalue weighted by Gasteiger charge is 2.51. The van der Waals surface area contributed by atoms with E-state index in [0.717, 1.165) is 11.0 Å². The van der Waals surface area contributed by atoms with Crippen LogP contribution in [-0.2, 0) is 9.31 Å². The van der Waals surface area contributed by atoms with Crippen LogP contribution in [0.2, 0.25) is 0 Å². The summed E-state index contributed by atoms with van der Waals surface area (Å²) in [6, 6.07) is 32.3. The zero-order valence-electron chi connectivity index (χ0n) is 18.6. The van der Waals surface area contributed by atoms with E-state index in [2.05, 4.69) is 119 Å². The number of hydrogen-bond donors (Lipinski definition) is 0. The monoisotopic (exact) mass is 406 g/mol. The highest BCUT2D eigenvalue weighted by atomic mass is 16.7. The molecular weight excluding hydrogens is 379 g/mol. The number of rotatable bonds is 3. The van der Waals surface area contributed by atoms with Gasteiger partial charge in [0.05, 0.1) is 11.2 Å². The zero-order valence-corrected chi connectivity index (χ0v) is 18.6. The lowest BCUT2D eigenvalue weighted by Crippen LogP contribution is -2.41. The standard InChI is InChI=1S/C28H27BO2/c1-27(2)28(3,4)31-29(30-27)24-12-7-11-23(19-24)20-15-17-22(18-16-20)26-14-8-10-21-9-5-6-13-25(21)26/h5-19H,1-4H3. The van der Waals surface area contributed by atoms with Crippen LogP contribution in [0.4, 0.5) is 0 Å². The van der Waals surface area contributed by atoms with Gasteiger partial charge in [-0.1, -0.05) is 91.0 Å². The SMILES string of the molecule is CC1(C)OB(c2cccc(-c3ccc(-c4cccc5ccccc45)cc3)c2)OC1(C)C. The van der Waals surface area contributed by atoms with E-state index in [4.69, 9.17) is 9.31 Å². The second kappa shape index (κ2) is 7.37. The Balaban J connectivity index is 1.45. The molecule has 1 saturated heterocycles. The third-order valence-corrected chi connectivity index (χ3v) is 6.73. The molecule has 1 aliphatic rings. The predicted molar refractivity (Wildman–Crippen MR) is 131 cm³/mol. The van der Waals surface area contributed by atoms with Crippen LogP contribution < -0.4 is 5.46 Å². The highest BCUT2D eigenvalue weighted by Crippen LogP contribution is 2.37. The number of benzene rings is 4. The van der Waals surface area contributed by atoms with Crippen LogP contribution in [-0.4, -0.2) is 18.3 Å². The Morgan fingerprint density at radius 3 is 1.94 bits per heavy atom. The van der Waals surface area contributed by atoms with Crippen molar-refractivity contribution in [3.8, 4) is 22.3 Å². The van der Waals surface area contributed by atoms with Crippen LogP contribution in [0.15, 0.2) is 91.0 Å². The first-order valence-electron chi connectivity index (χ1n) is 10.9. The molecule has 0 amide bonds. The molecule has 0 atom stereocenters. The minimum Gasteiger partial charge on any atom is -0.399 e. The van der Waals surface area contributed by atoms with Crippen molar-refractivity contribution in [1.82, 2.24) is 0 Å². The van der Waals surface area contributed by atoms with Crippen molar-refractivity contribution in [2.75, 3.05) is 0 Å². The van der Waals surface area contributed by atoms with Crippen molar-refractivity contribution in [3.63, 3.8) is 0 Å². The molecule has 154 valence electrons. The van der Waals surface area contributed by atoms with E-state index in [1.54, 1.807) is 0 Å². The average Bonchev–Trinajstić information content (AvgIpc) is 3.00. The molecule has 0 N–H and O–H groups in total. The smallest absolute Gasteiger partial charge is 0.399 e. The van der Waals surface area contributed by atoms with E-state index >= 15 is 0 Å². The normalized spacial score (nSPS) is 17.2. The molecule has 0 aliphatic carbocycles. The van der Waals surface area contributed by atoms with Crippen LogP contribution in [0.1, 0.15) is 27.7 Å². The summed E-state index contributed by atoms with van der Waals surface area (Å²) in [6.45, 7) is 8.34. The highest BCUT2D eigenvalue weighted by molar-refractivity contribution is 6.62. The largest absolute Gasteiger partial charge is 0.494 e. The van der Waals surface area contributed by atoms with Crippen molar-refractivity contribution in [1.29, 1.82) is 0 Å². The quantitative estimate of drug-likeness (QED) is 0.363. The van der Waals surface area contributed by atoms with Crippen LogP contribution in [0.5, 0.6) is 0 Å². The van der Waals surface area contributed by atoms with E-state index in [9.17, 15) is 0 Å². The summed E-state index contributed by atoms with van der Waals surface area (Å²) < 4.78 is 12.5. The average molecular weight is 406 g/mol. The first kappa shape index (κ1) is 20.1. The van der Waals surface area contributed by atoms with E-state index in [-0.39, 0.29) is 18.3 Å². The molecular formula is C28H27BO2. The summed E-state index contributed by atoms with van der Waals surface area (Å²) in [4.78, 5) is 0. The molecule has 5 rings (SSSR count). The molecule has 31 heavy (non-hydrogen) atoms. The minimum absolute atomic E-state index is 0.340. The molecule has 0 aromatic heterocycles. The summed E-state index contributed by atoms with van der Waals surface area (Å²) in [7, 11) is -0.347. The van der Waals surface area contributed by atoms with Gasteiger partial charge in [-0.05, 0) is 66.2 Å². The van der Waals surface area contributed by atoms with Crippen LogP contribution in [0.25, 0.3) is 33.0 Å². The molecule has 0 unspecified atom stereocenters. The Bertz CT molecular complexity index is 1220. The van der Waals surface area contributed by atoms with Gasteiger partial charge in [0.15, 0.2) is 0 Å². The van der Waals surface area contributed by atoms with Gasteiger partial charge in [-0.15, -0.1) is 0 Å². The Morgan fingerprint density at radius 2 is 1.19 bits per heavy atom. The summed E-state index contributed by atoms with van der Waals surface area (Å²) >= 11 is 0. The summed E-state index contributed by atoms with van der Waals surface area (Å²) in [5, 5.41) is 2.54. The Hall–Kier alpha value is -2.88. The van der Waals surface area contributed by atoms with Crippen molar-refractivity contribution in [2.45, 2.75) is 38.9 Å². The lowest BCUT2D eigenvalue weighted by Gasteiger charge is -2.32. The summed E-state index contributed by atoms with van der Waals surface area (Å²) in [6.07, 6.45) is 0. The molecule has 4 aromatic rings. The van der Waals surface area contributed by atoms with E-state index in [1.807, 2.05) is 0 Å². The molecule has 4 aromatic carbocycles. The molecule has 0 spiro atoms. The van der Waals surface area contributed by atoms with Gasteiger partial charge < -0.3 is 9.31 Å². The third-order valence-electron chi connectivity index (χ3n) is 6.73. The van der Waals surface area contributed by atoms with Gasteiger partial charge in [-0.25, -0.2) is 0 Å². The van der Waals surface area contributed by atoms with E-state index in [0.29, 0.717) is 0 Å². The fourth-order valence-corrected chi connectivity index (χ4v) is 4.16. The predicted octanol–water partition coefficient (Wildman–Crippen LogP) is 6.47. The maximum absolute atomic E-state index is 6.24. The van der Waals surface area contributed by atoms with Gasteiger partial charge in [0, 0.05) is 0 Å². The fraction of sp³-hybridized carbons (Fsp3) is 0.214. The molecule has 1 aliphatic heterocycles. The molecule has 0 saturated carbocycles. The van der Waals surface area contributed by atoms with Crippen molar-refractivity contribution >= 4 is 23.4 Å². The van der Waals surface area contributed by atoms with Gasteiger partial charge in [0.25, 0.3) is 0 Å². The molecule has 3 heteroatoms. The molecule has 1 fully saturated rings.